The van der Waals surface area contributed by atoms with Crippen LogP contribution in [0.5, 0.6) is 0 Å². The van der Waals surface area contributed by atoms with Gasteiger partial charge in [-0.2, -0.15) is 0 Å². The molecule has 2 amide bonds. The molecule has 0 aliphatic carbocycles. The molecule has 1 aliphatic rings. The van der Waals surface area contributed by atoms with Crippen LogP contribution in [0.15, 0.2) is 0 Å². The Kier molecular flexibility index (Phi) is 2.70. The summed E-state index contributed by atoms with van der Waals surface area (Å²) in [7, 11) is 0. The highest BCUT2D eigenvalue weighted by molar-refractivity contribution is 5.76. The number of urea groups is 1. The summed E-state index contributed by atoms with van der Waals surface area (Å²) in [6, 6.07) is 0.250. The van der Waals surface area contributed by atoms with Gasteiger partial charge in [0.2, 0.25) is 0 Å². The van der Waals surface area contributed by atoms with Gasteiger partial charge >= 0.3 is 6.03 Å². The van der Waals surface area contributed by atoms with E-state index < -0.39 is 0 Å². The van der Waals surface area contributed by atoms with Gasteiger partial charge in [-0.15, -0.1) is 0 Å². The van der Waals surface area contributed by atoms with Gasteiger partial charge in [0.1, 0.15) is 0 Å². The number of carbonyl (C=O) groups excluding carboxylic acids is 1. The molecule has 0 bridgehead atoms. The van der Waals surface area contributed by atoms with Gasteiger partial charge in [-0.05, 0) is 6.42 Å². The summed E-state index contributed by atoms with van der Waals surface area (Å²) in [5, 5.41) is 2.75. The fourth-order valence-electron chi connectivity index (χ4n) is 1.35. The van der Waals surface area contributed by atoms with Crippen LogP contribution >= 0.6 is 0 Å². The maximum absolute atomic E-state index is 11.1. The van der Waals surface area contributed by atoms with Crippen molar-refractivity contribution in [2.75, 3.05) is 19.6 Å². The van der Waals surface area contributed by atoms with E-state index in [1.54, 1.807) is 4.90 Å². The minimum absolute atomic E-state index is 0.0299. The Morgan fingerprint density at radius 3 is 2.91 bits per heavy atom. The standard InChI is InChI=1S/C7H15N3O/c1-2-6(5-8)10-4-3-9-7(10)11/h6H,2-5,8H2,1H3,(H,9,11). The first-order valence-corrected chi connectivity index (χ1v) is 4.04. The van der Waals surface area contributed by atoms with Crippen LogP contribution in [0, 0.1) is 0 Å². The van der Waals surface area contributed by atoms with Gasteiger partial charge in [0, 0.05) is 25.7 Å². The largest absolute Gasteiger partial charge is 0.336 e. The minimum Gasteiger partial charge on any atom is -0.336 e. The van der Waals surface area contributed by atoms with Crippen LogP contribution in [0.2, 0.25) is 0 Å². The van der Waals surface area contributed by atoms with Crippen molar-refractivity contribution in [3.8, 4) is 0 Å². The number of amides is 2. The van der Waals surface area contributed by atoms with Crippen molar-refractivity contribution >= 4 is 6.03 Å². The van der Waals surface area contributed by atoms with E-state index in [9.17, 15) is 4.79 Å². The predicted molar refractivity (Wildman–Crippen MR) is 43.2 cm³/mol. The van der Waals surface area contributed by atoms with Crippen LogP contribution in [0.25, 0.3) is 0 Å². The molecule has 64 valence electrons. The molecule has 1 rings (SSSR count). The van der Waals surface area contributed by atoms with Gasteiger partial charge in [-0.1, -0.05) is 6.92 Å². The quantitative estimate of drug-likeness (QED) is 0.593. The van der Waals surface area contributed by atoms with Crippen molar-refractivity contribution in [1.82, 2.24) is 10.2 Å². The molecule has 0 aromatic heterocycles. The summed E-state index contributed by atoms with van der Waals surface area (Å²) in [4.78, 5) is 12.9. The number of hydrogen-bond acceptors (Lipinski definition) is 2. The third-order valence-electron chi connectivity index (χ3n) is 2.07. The predicted octanol–water partition coefficient (Wildman–Crippen LogP) is -0.251. The van der Waals surface area contributed by atoms with E-state index in [2.05, 4.69) is 5.32 Å². The van der Waals surface area contributed by atoms with Crippen molar-refractivity contribution in [1.29, 1.82) is 0 Å². The third kappa shape index (κ3) is 1.63. The molecule has 1 unspecified atom stereocenters. The van der Waals surface area contributed by atoms with E-state index in [4.69, 9.17) is 5.73 Å². The molecule has 11 heavy (non-hydrogen) atoms. The smallest absolute Gasteiger partial charge is 0.317 e. The Bertz CT molecular complexity index is 145. The summed E-state index contributed by atoms with van der Waals surface area (Å²) in [5.41, 5.74) is 5.50. The van der Waals surface area contributed by atoms with Crippen LogP contribution in [0.4, 0.5) is 4.79 Å². The Morgan fingerprint density at radius 1 is 1.82 bits per heavy atom. The topological polar surface area (TPSA) is 58.4 Å². The van der Waals surface area contributed by atoms with Gasteiger partial charge < -0.3 is 16.0 Å². The average molecular weight is 157 g/mol. The van der Waals surface area contributed by atoms with Crippen LogP contribution in [0.3, 0.4) is 0 Å². The van der Waals surface area contributed by atoms with Gasteiger partial charge in [0.15, 0.2) is 0 Å². The van der Waals surface area contributed by atoms with E-state index in [0.717, 1.165) is 19.5 Å². The van der Waals surface area contributed by atoms with Crippen LogP contribution in [0.1, 0.15) is 13.3 Å². The molecule has 4 heteroatoms. The van der Waals surface area contributed by atoms with Gasteiger partial charge in [0.25, 0.3) is 0 Å². The SMILES string of the molecule is CCC(CN)N1CCNC1=O. The number of nitrogens with two attached hydrogens (primary N) is 1. The Hall–Kier alpha value is -0.770. The van der Waals surface area contributed by atoms with Crippen LogP contribution < -0.4 is 11.1 Å². The average Bonchev–Trinajstić information content (AvgIpc) is 2.40. The normalized spacial score (nSPS) is 20.2. The maximum Gasteiger partial charge on any atom is 0.317 e. The second kappa shape index (κ2) is 3.57. The van der Waals surface area contributed by atoms with E-state index in [1.807, 2.05) is 6.92 Å². The van der Waals surface area contributed by atoms with E-state index in [1.165, 1.54) is 0 Å². The lowest BCUT2D eigenvalue weighted by Crippen LogP contribution is -2.42. The van der Waals surface area contributed by atoms with Crippen molar-refractivity contribution in [3.63, 3.8) is 0 Å². The molecule has 1 fully saturated rings. The molecule has 0 spiro atoms. The lowest BCUT2D eigenvalue weighted by Gasteiger charge is -2.23. The number of nitrogens with one attached hydrogen (secondary N) is 1. The number of hydrogen-bond donors (Lipinski definition) is 2. The zero-order chi connectivity index (χ0) is 8.27. The highest BCUT2D eigenvalue weighted by atomic mass is 16.2. The molecule has 1 heterocycles. The zero-order valence-electron chi connectivity index (χ0n) is 6.84. The second-order valence-electron chi connectivity index (χ2n) is 2.72. The summed E-state index contributed by atoms with van der Waals surface area (Å²) < 4.78 is 0. The lowest BCUT2D eigenvalue weighted by molar-refractivity contribution is 0.197. The molecule has 0 radical (unpaired) electrons. The second-order valence-corrected chi connectivity index (χ2v) is 2.72. The molecule has 1 saturated heterocycles. The molecular weight excluding hydrogens is 142 g/mol. The highest BCUT2D eigenvalue weighted by Gasteiger charge is 2.24. The monoisotopic (exact) mass is 157 g/mol. The van der Waals surface area contributed by atoms with Gasteiger partial charge in [-0.3, -0.25) is 0 Å². The van der Waals surface area contributed by atoms with Crippen LogP contribution in [-0.4, -0.2) is 36.6 Å². The van der Waals surface area contributed by atoms with Crippen molar-refractivity contribution in [2.24, 2.45) is 5.73 Å². The van der Waals surface area contributed by atoms with Gasteiger partial charge in [-0.25, -0.2) is 4.79 Å². The number of carbonyl (C=O) groups is 1. The molecular formula is C7H15N3O. The van der Waals surface area contributed by atoms with Crippen molar-refractivity contribution < 1.29 is 4.79 Å². The van der Waals surface area contributed by atoms with Crippen molar-refractivity contribution in [2.45, 2.75) is 19.4 Å². The fraction of sp³-hybridized carbons (Fsp3) is 0.857. The van der Waals surface area contributed by atoms with E-state index in [0.29, 0.717) is 6.54 Å². The Morgan fingerprint density at radius 2 is 2.55 bits per heavy atom. The lowest BCUT2D eigenvalue weighted by atomic mass is 10.2. The first-order valence-electron chi connectivity index (χ1n) is 4.04. The van der Waals surface area contributed by atoms with Gasteiger partial charge in [0.05, 0.1) is 0 Å². The molecule has 1 atom stereocenters. The molecule has 4 nitrogen and oxygen atoms in total. The molecule has 1 aliphatic heterocycles. The van der Waals surface area contributed by atoms with Crippen LogP contribution in [-0.2, 0) is 0 Å². The Labute approximate surface area is 66.7 Å². The molecule has 0 aromatic rings. The fourth-order valence-corrected chi connectivity index (χ4v) is 1.35. The summed E-state index contributed by atoms with van der Waals surface area (Å²) in [6.07, 6.45) is 0.934. The third-order valence-corrected chi connectivity index (χ3v) is 2.07. The number of nitrogens with zero attached hydrogens (tertiary/aromatic N) is 1. The summed E-state index contributed by atoms with van der Waals surface area (Å²) in [6.45, 7) is 4.16. The number of rotatable bonds is 3. The van der Waals surface area contributed by atoms with Crippen molar-refractivity contribution in [3.05, 3.63) is 0 Å². The first-order chi connectivity index (χ1) is 5.29. The maximum atomic E-state index is 11.1. The Balaban J connectivity index is 2.49. The summed E-state index contributed by atoms with van der Waals surface area (Å²) >= 11 is 0. The summed E-state index contributed by atoms with van der Waals surface area (Å²) in [5.74, 6) is 0. The molecule has 3 N–H and O–H groups in total. The first kappa shape index (κ1) is 8.33. The van der Waals surface area contributed by atoms with E-state index >= 15 is 0 Å². The molecule has 0 saturated carbocycles. The zero-order valence-corrected chi connectivity index (χ0v) is 6.84. The highest BCUT2D eigenvalue weighted by Crippen LogP contribution is 2.05. The molecule has 0 aromatic carbocycles. The minimum atomic E-state index is 0.0299. The van der Waals surface area contributed by atoms with E-state index in [-0.39, 0.29) is 12.1 Å².